The van der Waals surface area contributed by atoms with Crippen LogP contribution in [0.5, 0.6) is 0 Å². The lowest BCUT2D eigenvalue weighted by Gasteiger charge is -2.40. The van der Waals surface area contributed by atoms with Gasteiger partial charge < -0.3 is 0 Å². The van der Waals surface area contributed by atoms with Crippen LogP contribution in [0, 0.1) is 0 Å². The summed E-state index contributed by atoms with van der Waals surface area (Å²) >= 11 is 5.46. The Kier molecular flexibility index (Phi) is 5.11. The van der Waals surface area contributed by atoms with Crippen molar-refractivity contribution in [2.24, 2.45) is 0 Å². The van der Waals surface area contributed by atoms with Crippen molar-refractivity contribution in [1.82, 2.24) is 0 Å². The van der Waals surface area contributed by atoms with Gasteiger partial charge in [0.05, 0.1) is 0 Å². The first-order chi connectivity index (χ1) is 12.0. The fourth-order valence-corrected chi connectivity index (χ4v) is 7.30. The van der Waals surface area contributed by atoms with E-state index in [4.69, 9.17) is 0 Å². The SMILES string of the molecule is FS(F)(F)(F)(F)c1ccc(SSc2ccc(S(F)(F)(F)(F)F)cc2Br)c(Br)c1. The summed E-state index contributed by atoms with van der Waals surface area (Å²) in [7, 11) is -18.3. The Labute approximate surface area is 176 Å². The van der Waals surface area contributed by atoms with Crippen molar-refractivity contribution in [3.63, 3.8) is 0 Å². The summed E-state index contributed by atoms with van der Waals surface area (Å²) in [5.74, 6) is 0. The maximum atomic E-state index is 12.8. The highest BCUT2D eigenvalue weighted by Crippen LogP contribution is 3.02. The summed E-state index contributed by atoms with van der Waals surface area (Å²) in [6.07, 6.45) is 0. The molecule has 2 aromatic rings. The highest BCUT2D eigenvalue weighted by Gasteiger charge is 2.66. The minimum atomic E-state index is -9.86. The van der Waals surface area contributed by atoms with Crippen molar-refractivity contribution in [3.8, 4) is 0 Å². The van der Waals surface area contributed by atoms with Gasteiger partial charge in [-0.2, -0.15) is 0 Å². The van der Waals surface area contributed by atoms with Gasteiger partial charge in [-0.1, -0.05) is 60.4 Å². The van der Waals surface area contributed by atoms with Crippen molar-refractivity contribution >= 4 is 73.9 Å². The van der Waals surface area contributed by atoms with Crippen LogP contribution in [0.1, 0.15) is 0 Å². The number of halogens is 12. The van der Waals surface area contributed by atoms with Gasteiger partial charge in [0, 0.05) is 18.7 Å². The van der Waals surface area contributed by atoms with Crippen LogP contribution in [0.25, 0.3) is 0 Å². The second-order valence-corrected chi connectivity index (χ2v) is 14.0. The lowest BCUT2D eigenvalue weighted by molar-refractivity contribution is 0.360. The number of benzene rings is 2. The van der Waals surface area contributed by atoms with E-state index in [1.165, 1.54) is 0 Å². The third kappa shape index (κ3) is 6.30. The Morgan fingerprint density at radius 1 is 0.536 bits per heavy atom. The van der Waals surface area contributed by atoms with E-state index in [0.29, 0.717) is 0 Å². The minimum absolute atomic E-state index is 0.0549. The summed E-state index contributed by atoms with van der Waals surface area (Å²) in [5.41, 5.74) is 0. The Balaban J connectivity index is 2.27. The topological polar surface area (TPSA) is 0 Å². The molecule has 0 aliphatic heterocycles. The first kappa shape index (κ1) is 24.4. The highest BCUT2D eigenvalue weighted by molar-refractivity contribution is 9.11. The molecule has 0 radical (unpaired) electrons. The summed E-state index contributed by atoms with van der Waals surface area (Å²) in [6.45, 7) is 0. The first-order valence-corrected chi connectivity index (χ1v) is 14.0. The molecular formula is C12H6Br2F10S4. The minimum Gasteiger partial charge on any atom is -0.0936 e. The molecule has 0 fully saturated rings. The fourth-order valence-electron chi connectivity index (χ4n) is 1.67. The van der Waals surface area contributed by atoms with Gasteiger partial charge in [-0.3, -0.25) is 0 Å². The van der Waals surface area contributed by atoms with Gasteiger partial charge >= 0.3 is 20.4 Å². The molecule has 2 rings (SSSR count). The van der Waals surface area contributed by atoms with Crippen molar-refractivity contribution in [3.05, 3.63) is 45.3 Å². The molecule has 0 unspecified atom stereocenters. The third-order valence-corrected chi connectivity index (χ3v) is 9.53. The molecule has 28 heavy (non-hydrogen) atoms. The van der Waals surface area contributed by atoms with Gasteiger partial charge in [-0.05, 0) is 68.3 Å². The molecule has 0 amide bonds. The molecule has 2 aromatic carbocycles. The van der Waals surface area contributed by atoms with E-state index in [1.54, 1.807) is 0 Å². The molecule has 0 atom stereocenters. The molecule has 0 aromatic heterocycles. The largest absolute Gasteiger partial charge is 0.310 e. The second-order valence-electron chi connectivity index (χ2n) is 5.29. The van der Waals surface area contributed by atoms with E-state index >= 15 is 0 Å². The zero-order valence-corrected chi connectivity index (χ0v) is 19.1. The Morgan fingerprint density at radius 2 is 0.821 bits per heavy atom. The van der Waals surface area contributed by atoms with E-state index in [9.17, 15) is 38.9 Å². The number of hydrogen-bond donors (Lipinski definition) is 0. The molecule has 16 heteroatoms. The van der Waals surface area contributed by atoms with Gasteiger partial charge in [0.25, 0.3) is 0 Å². The number of rotatable bonds is 5. The molecule has 0 spiro atoms. The first-order valence-electron chi connectivity index (χ1n) is 6.38. The average Bonchev–Trinajstić information content (AvgIpc) is 2.42. The summed E-state index contributed by atoms with van der Waals surface area (Å²) in [4.78, 5) is -4.11. The molecular weight excluding hydrogens is 622 g/mol. The molecule has 0 nitrogen and oxygen atoms in total. The van der Waals surface area contributed by atoms with Crippen molar-refractivity contribution in [2.75, 3.05) is 0 Å². The van der Waals surface area contributed by atoms with Gasteiger partial charge in [-0.25, -0.2) is 0 Å². The Bertz CT molecular complexity index is 876. The van der Waals surface area contributed by atoms with Crippen LogP contribution in [0.4, 0.5) is 38.9 Å². The van der Waals surface area contributed by atoms with E-state index in [1.807, 2.05) is 0 Å². The van der Waals surface area contributed by atoms with Gasteiger partial charge in [0.15, 0.2) is 0 Å². The van der Waals surface area contributed by atoms with Crippen LogP contribution in [0.2, 0.25) is 0 Å². The van der Waals surface area contributed by atoms with Crippen LogP contribution >= 0.6 is 73.9 Å². The molecule has 0 bridgehead atoms. The van der Waals surface area contributed by atoms with Gasteiger partial charge in [0.1, 0.15) is 9.79 Å². The van der Waals surface area contributed by atoms with Crippen molar-refractivity contribution in [2.45, 2.75) is 19.6 Å². The second kappa shape index (κ2) is 5.87. The third-order valence-electron chi connectivity index (χ3n) is 2.92. The predicted molar refractivity (Wildman–Crippen MR) is 103 cm³/mol. The highest BCUT2D eigenvalue weighted by atomic mass is 79.9. The molecule has 0 saturated heterocycles. The molecule has 0 saturated carbocycles. The van der Waals surface area contributed by atoms with Gasteiger partial charge in [0.2, 0.25) is 0 Å². The van der Waals surface area contributed by atoms with Crippen LogP contribution in [-0.4, -0.2) is 0 Å². The normalized spacial score (nSPS) is 18.0. The van der Waals surface area contributed by atoms with E-state index in [0.717, 1.165) is 33.7 Å². The molecule has 0 heterocycles. The smallest absolute Gasteiger partial charge is 0.0936 e. The molecule has 0 N–H and O–H groups in total. The maximum absolute atomic E-state index is 12.8. The van der Waals surface area contributed by atoms with Gasteiger partial charge in [-0.15, -0.1) is 0 Å². The lowest BCUT2D eigenvalue weighted by atomic mass is 10.4. The van der Waals surface area contributed by atoms with E-state index in [2.05, 4.69) is 31.9 Å². The Morgan fingerprint density at radius 3 is 1.04 bits per heavy atom. The zero-order chi connectivity index (χ0) is 21.9. The van der Waals surface area contributed by atoms with Crippen molar-refractivity contribution < 1.29 is 38.9 Å². The quantitative estimate of drug-likeness (QED) is 0.239. The van der Waals surface area contributed by atoms with Crippen LogP contribution in [0.15, 0.2) is 64.9 Å². The van der Waals surface area contributed by atoms with Crippen LogP contribution in [-0.2, 0) is 0 Å². The van der Waals surface area contributed by atoms with E-state index < -0.39 is 30.2 Å². The lowest BCUT2D eigenvalue weighted by Crippen LogP contribution is -2.06. The molecule has 0 aliphatic rings. The van der Waals surface area contributed by atoms with Crippen LogP contribution < -0.4 is 0 Å². The average molecular weight is 628 g/mol. The summed E-state index contributed by atoms with van der Waals surface area (Å²) < 4.78 is 127. The Hall–Kier alpha value is 0.1000. The fraction of sp³-hybridized carbons (Fsp3) is 0. The maximum Gasteiger partial charge on any atom is 0.310 e. The monoisotopic (exact) mass is 626 g/mol. The van der Waals surface area contributed by atoms with Crippen molar-refractivity contribution in [1.29, 1.82) is 0 Å². The molecule has 162 valence electrons. The predicted octanol–water partition coefficient (Wildman–Crippen LogP) is 11.3. The zero-order valence-electron chi connectivity index (χ0n) is 12.6. The van der Waals surface area contributed by atoms with E-state index in [-0.39, 0.29) is 43.0 Å². The number of hydrogen-bond acceptors (Lipinski definition) is 2. The standard InChI is InChI=1S/C12H6Br2F10S4/c13-9-5-7(27(15,16,17,18)19)1-3-11(9)25-26-12-4-2-8(6-10(12)14)28(20,21,22,23)24/h1-6H. The summed E-state index contributed by atoms with van der Waals surface area (Å²) in [6, 6.07) is 2.26. The summed E-state index contributed by atoms with van der Waals surface area (Å²) in [5, 5.41) is 0. The molecule has 0 aliphatic carbocycles. The van der Waals surface area contributed by atoms with Crippen LogP contribution in [0.3, 0.4) is 0 Å².